The van der Waals surface area contributed by atoms with E-state index in [1.165, 1.54) is 0 Å². The van der Waals surface area contributed by atoms with Crippen LogP contribution in [0.2, 0.25) is 0 Å². The van der Waals surface area contributed by atoms with E-state index < -0.39 is 11.8 Å². The van der Waals surface area contributed by atoms with Crippen LogP contribution in [-0.4, -0.2) is 56.0 Å². The number of nitrogens with zero attached hydrogens (tertiary/aromatic N) is 1. The number of carbonyl (C=O) groups is 1. The summed E-state index contributed by atoms with van der Waals surface area (Å²) in [6, 6.07) is 0. The van der Waals surface area contributed by atoms with Crippen molar-refractivity contribution in [2.75, 3.05) is 39.3 Å². The number of hydrogen-bond donors (Lipinski definition) is 1. The van der Waals surface area contributed by atoms with Gasteiger partial charge in [0.25, 0.3) is 0 Å². The smallest absolute Gasteiger partial charge is 0.434 e. The second kappa shape index (κ2) is 6.81. The van der Waals surface area contributed by atoms with Crippen molar-refractivity contribution < 1.29 is 14.3 Å². The van der Waals surface area contributed by atoms with Gasteiger partial charge in [0.15, 0.2) is 0 Å². The zero-order chi connectivity index (χ0) is 12.7. The predicted molar refractivity (Wildman–Crippen MR) is 66.1 cm³/mol. The van der Waals surface area contributed by atoms with E-state index in [4.69, 9.17) is 9.47 Å². The average Bonchev–Trinajstić information content (AvgIpc) is 2.23. The Balaban J connectivity index is 2.01. The van der Waals surface area contributed by atoms with Crippen LogP contribution in [0, 0.1) is 0 Å². The maximum atomic E-state index is 11.2. The summed E-state index contributed by atoms with van der Waals surface area (Å²) in [6.07, 6.45) is 0.289. The van der Waals surface area contributed by atoms with Crippen molar-refractivity contribution in [2.45, 2.75) is 32.8 Å². The van der Waals surface area contributed by atoms with Gasteiger partial charge < -0.3 is 19.7 Å². The molecule has 0 saturated carbocycles. The molecule has 1 rings (SSSR count). The minimum atomic E-state index is -0.571. The molecule has 0 atom stereocenters. The lowest BCUT2D eigenvalue weighted by atomic mass is 10.2. The summed E-state index contributed by atoms with van der Waals surface area (Å²) in [5.41, 5.74) is -0.477. The van der Waals surface area contributed by atoms with Crippen LogP contribution in [0.25, 0.3) is 0 Å². The highest BCUT2D eigenvalue weighted by molar-refractivity contribution is 5.60. The molecular weight excluding hydrogens is 220 g/mol. The summed E-state index contributed by atoms with van der Waals surface area (Å²) < 4.78 is 10.1. The van der Waals surface area contributed by atoms with Crippen LogP contribution < -0.4 is 5.32 Å². The first kappa shape index (κ1) is 14.3. The van der Waals surface area contributed by atoms with Crippen LogP contribution in [0.3, 0.4) is 0 Å². The van der Waals surface area contributed by atoms with Gasteiger partial charge >= 0.3 is 6.16 Å². The van der Waals surface area contributed by atoms with Gasteiger partial charge in [-0.25, -0.2) is 4.79 Å². The summed E-state index contributed by atoms with van der Waals surface area (Å²) in [7, 11) is 0. The molecule has 5 heteroatoms. The first-order chi connectivity index (χ1) is 7.97. The standard InChI is InChI=1S/C12H24N2O3/c1-12(2,3)17-11(15)16-10-4-7-14-8-5-13-6-9-14/h13H,4-10H2,1-3H3. The number of nitrogens with one attached hydrogen (secondary N) is 1. The monoisotopic (exact) mass is 244 g/mol. The molecule has 1 heterocycles. The molecule has 0 aromatic heterocycles. The van der Waals surface area contributed by atoms with Crippen LogP contribution in [0.4, 0.5) is 4.79 Å². The van der Waals surface area contributed by atoms with Crippen LogP contribution >= 0.6 is 0 Å². The fourth-order valence-electron chi connectivity index (χ4n) is 1.66. The van der Waals surface area contributed by atoms with Gasteiger partial charge in [0.1, 0.15) is 5.60 Å². The van der Waals surface area contributed by atoms with Crippen LogP contribution in [0.15, 0.2) is 0 Å². The van der Waals surface area contributed by atoms with Gasteiger partial charge in [0.2, 0.25) is 0 Å². The lowest BCUT2D eigenvalue weighted by molar-refractivity contribution is -0.00840. The van der Waals surface area contributed by atoms with E-state index in [1.807, 2.05) is 20.8 Å². The highest BCUT2D eigenvalue weighted by atomic mass is 16.7. The highest BCUT2D eigenvalue weighted by Crippen LogP contribution is 2.08. The Morgan fingerprint density at radius 1 is 1.29 bits per heavy atom. The third-order valence-corrected chi connectivity index (χ3v) is 2.44. The molecule has 100 valence electrons. The summed E-state index contributed by atoms with van der Waals surface area (Å²) in [6.45, 7) is 11.1. The molecule has 1 aliphatic rings. The Hall–Kier alpha value is -0.810. The van der Waals surface area contributed by atoms with Gasteiger partial charge in [0.05, 0.1) is 6.61 Å². The number of rotatable bonds is 4. The Morgan fingerprint density at radius 3 is 2.53 bits per heavy atom. The van der Waals surface area contributed by atoms with E-state index in [2.05, 4.69) is 10.2 Å². The average molecular weight is 244 g/mol. The minimum Gasteiger partial charge on any atom is -0.434 e. The number of carbonyl (C=O) groups excluding carboxylic acids is 1. The number of ether oxygens (including phenoxy) is 2. The second-order valence-electron chi connectivity index (χ2n) is 5.26. The summed E-state index contributed by atoms with van der Waals surface area (Å²) in [5.74, 6) is 0. The maximum Gasteiger partial charge on any atom is 0.508 e. The van der Waals surface area contributed by atoms with Crippen molar-refractivity contribution in [3.8, 4) is 0 Å². The molecule has 0 aliphatic carbocycles. The molecule has 0 unspecified atom stereocenters. The van der Waals surface area contributed by atoms with Gasteiger partial charge in [-0.3, -0.25) is 0 Å². The largest absolute Gasteiger partial charge is 0.508 e. The molecule has 1 fully saturated rings. The van der Waals surface area contributed by atoms with Crippen LogP contribution in [-0.2, 0) is 9.47 Å². The molecule has 0 bridgehead atoms. The van der Waals surface area contributed by atoms with Gasteiger partial charge in [-0.05, 0) is 27.2 Å². The number of piperazine rings is 1. The SMILES string of the molecule is CC(C)(C)OC(=O)OCCCN1CCNCC1. The molecule has 0 amide bonds. The third kappa shape index (κ3) is 7.18. The summed E-state index contributed by atoms with van der Waals surface area (Å²) in [4.78, 5) is 13.6. The van der Waals surface area contributed by atoms with E-state index in [0.717, 1.165) is 39.1 Å². The van der Waals surface area contributed by atoms with Crippen LogP contribution in [0.5, 0.6) is 0 Å². The Kier molecular flexibility index (Phi) is 5.71. The Bertz CT molecular complexity index is 232. The van der Waals surface area contributed by atoms with Crippen molar-refractivity contribution in [3.05, 3.63) is 0 Å². The topological polar surface area (TPSA) is 50.8 Å². The van der Waals surface area contributed by atoms with Crippen molar-refractivity contribution in [2.24, 2.45) is 0 Å². The lowest BCUT2D eigenvalue weighted by Crippen LogP contribution is -2.43. The van der Waals surface area contributed by atoms with Crippen molar-refractivity contribution in [3.63, 3.8) is 0 Å². The van der Waals surface area contributed by atoms with Gasteiger partial charge in [-0.1, -0.05) is 0 Å². The first-order valence-corrected chi connectivity index (χ1v) is 6.26. The molecule has 17 heavy (non-hydrogen) atoms. The molecule has 0 aromatic carbocycles. The molecule has 0 aromatic rings. The van der Waals surface area contributed by atoms with E-state index in [9.17, 15) is 4.79 Å². The molecule has 1 saturated heterocycles. The Morgan fingerprint density at radius 2 is 1.94 bits per heavy atom. The van der Waals surface area contributed by atoms with Gasteiger partial charge in [-0.15, -0.1) is 0 Å². The molecule has 5 nitrogen and oxygen atoms in total. The normalized spacial score (nSPS) is 17.8. The fraction of sp³-hybridized carbons (Fsp3) is 0.917. The van der Waals surface area contributed by atoms with Crippen molar-refractivity contribution in [1.29, 1.82) is 0 Å². The van der Waals surface area contributed by atoms with Crippen molar-refractivity contribution in [1.82, 2.24) is 10.2 Å². The van der Waals surface area contributed by atoms with Gasteiger partial charge in [-0.2, -0.15) is 0 Å². The second-order valence-corrected chi connectivity index (χ2v) is 5.26. The molecule has 1 aliphatic heterocycles. The number of hydrogen-bond acceptors (Lipinski definition) is 5. The first-order valence-electron chi connectivity index (χ1n) is 6.26. The fourth-order valence-corrected chi connectivity index (χ4v) is 1.66. The van der Waals surface area contributed by atoms with E-state index in [0.29, 0.717) is 6.61 Å². The lowest BCUT2D eigenvalue weighted by Gasteiger charge is -2.27. The molecule has 0 radical (unpaired) electrons. The van der Waals surface area contributed by atoms with E-state index >= 15 is 0 Å². The van der Waals surface area contributed by atoms with Crippen molar-refractivity contribution >= 4 is 6.16 Å². The quantitative estimate of drug-likeness (QED) is 0.595. The molecule has 0 spiro atoms. The zero-order valence-corrected chi connectivity index (χ0v) is 11.1. The third-order valence-electron chi connectivity index (χ3n) is 2.44. The summed E-state index contributed by atoms with van der Waals surface area (Å²) in [5, 5.41) is 3.30. The minimum absolute atomic E-state index is 0.429. The van der Waals surface area contributed by atoms with E-state index in [-0.39, 0.29) is 0 Å². The van der Waals surface area contributed by atoms with Gasteiger partial charge in [0, 0.05) is 32.7 Å². The Labute approximate surface area is 103 Å². The predicted octanol–water partition coefficient (Wildman–Crippen LogP) is 1.23. The maximum absolute atomic E-state index is 11.2. The zero-order valence-electron chi connectivity index (χ0n) is 11.1. The van der Waals surface area contributed by atoms with Crippen LogP contribution in [0.1, 0.15) is 27.2 Å². The molecule has 1 N–H and O–H groups in total. The highest BCUT2D eigenvalue weighted by Gasteiger charge is 2.17. The van der Waals surface area contributed by atoms with E-state index in [1.54, 1.807) is 0 Å². The molecular formula is C12H24N2O3. The summed E-state index contributed by atoms with van der Waals surface area (Å²) >= 11 is 0.